The molecule has 0 aliphatic carbocycles. The maximum absolute atomic E-state index is 13.1. The van der Waals surface area contributed by atoms with Crippen LogP contribution in [-0.4, -0.2) is 56.7 Å². The van der Waals surface area contributed by atoms with Gasteiger partial charge in [0.05, 0.1) is 11.1 Å². The molecule has 3 atom stereocenters. The van der Waals surface area contributed by atoms with E-state index < -0.39 is 35.8 Å². The molecule has 130 valence electrons. The Labute approximate surface area is 144 Å². The molecule has 3 heterocycles. The van der Waals surface area contributed by atoms with Crippen LogP contribution in [0.1, 0.15) is 52.8 Å². The molecule has 7 heteroatoms. The van der Waals surface area contributed by atoms with E-state index in [1.807, 2.05) is 0 Å². The van der Waals surface area contributed by atoms with Gasteiger partial charge in [-0.15, -0.1) is 0 Å². The van der Waals surface area contributed by atoms with Crippen molar-refractivity contribution < 1.29 is 24.3 Å². The van der Waals surface area contributed by atoms with Crippen LogP contribution in [0.15, 0.2) is 24.3 Å². The first-order chi connectivity index (χ1) is 12.0. The molecule has 0 saturated carbocycles. The SMILES string of the molecule is O=C(O)[C@@H]1CC[C@@H]2CCC[C@H](N3C(=O)c4ccccc4C3=O)C(=O)N21. The molecule has 0 bridgehead atoms. The summed E-state index contributed by atoms with van der Waals surface area (Å²) >= 11 is 0. The maximum atomic E-state index is 13.1. The summed E-state index contributed by atoms with van der Waals surface area (Å²) in [7, 11) is 0. The quantitative estimate of drug-likeness (QED) is 0.817. The summed E-state index contributed by atoms with van der Waals surface area (Å²) in [6.07, 6.45) is 2.83. The van der Waals surface area contributed by atoms with E-state index in [2.05, 4.69) is 0 Å². The number of aliphatic carboxylic acids is 1. The Hall–Kier alpha value is -2.70. The second-order valence-corrected chi connectivity index (χ2v) is 6.80. The van der Waals surface area contributed by atoms with Gasteiger partial charge in [0.15, 0.2) is 0 Å². The lowest BCUT2D eigenvalue weighted by Crippen LogP contribution is -2.54. The minimum atomic E-state index is -1.03. The van der Waals surface area contributed by atoms with Gasteiger partial charge in [-0.1, -0.05) is 12.1 Å². The van der Waals surface area contributed by atoms with Gasteiger partial charge in [-0.05, 0) is 44.2 Å². The van der Waals surface area contributed by atoms with Crippen LogP contribution in [0.4, 0.5) is 0 Å². The number of imide groups is 1. The molecule has 1 aromatic rings. The minimum Gasteiger partial charge on any atom is -0.480 e. The number of carboxylic acids is 1. The molecular weight excluding hydrogens is 324 g/mol. The largest absolute Gasteiger partial charge is 0.480 e. The molecule has 1 N–H and O–H groups in total. The molecule has 3 aliphatic heterocycles. The number of nitrogens with zero attached hydrogens (tertiary/aromatic N) is 2. The van der Waals surface area contributed by atoms with Gasteiger partial charge in [-0.2, -0.15) is 0 Å². The molecule has 0 unspecified atom stereocenters. The van der Waals surface area contributed by atoms with Crippen molar-refractivity contribution in [3.63, 3.8) is 0 Å². The number of carbonyl (C=O) groups is 4. The summed E-state index contributed by atoms with van der Waals surface area (Å²) in [6, 6.07) is 4.61. The fraction of sp³-hybridized carbons (Fsp3) is 0.444. The first-order valence-electron chi connectivity index (χ1n) is 8.52. The van der Waals surface area contributed by atoms with Crippen molar-refractivity contribution in [1.29, 1.82) is 0 Å². The molecule has 0 spiro atoms. The average Bonchev–Trinajstić information content (AvgIpc) is 3.08. The number of hydrogen-bond acceptors (Lipinski definition) is 4. The third-order valence-corrected chi connectivity index (χ3v) is 5.48. The number of hydrogen-bond donors (Lipinski definition) is 1. The zero-order valence-electron chi connectivity index (χ0n) is 13.6. The summed E-state index contributed by atoms with van der Waals surface area (Å²) in [5, 5.41) is 9.42. The first-order valence-corrected chi connectivity index (χ1v) is 8.52. The van der Waals surface area contributed by atoms with Crippen LogP contribution >= 0.6 is 0 Å². The van der Waals surface area contributed by atoms with Gasteiger partial charge < -0.3 is 10.0 Å². The number of benzene rings is 1. The molecule has 7 nitrogen and oxygen atoms in total. The number of carbonyl (C=O) groups excluding carboxylic acids is 3. The second kappa shape index (κ2) is 5.68. The summed E-state index contributed by atoms with van der Waals surface area (Å²) in [5.41, 5.74) is 0.606. The lowest BCUT2D eigenvalue weighted by atomic mass is 10.1. The van der Waals surface area contributed by atoms with Crippen LogP contribution in [0.3, 0.4) is 0 Å². The Morgan fingerprint density at radius 3 is 2.20 bits per heavy atom. The summed E-state index contributed by atoms with van der Waals surface area (Å²) < 4.78 is 0. The first kappa shape index (κ1) is 15.8. The van der Waals surface area contributed by atoms with E-state index in [1.165, 1.54) is 4.90 Å². The van der Waals surface area contributed by atoms with Crippen LogP contribution in [0.2, 0.25) is 0 Å². The Kier molecular flexibility index (Phi) is 3.59. The molecule has 25 heavy (non-hydrogen) atoms. The van der Waals surface area contributed by atoms with Crippen LogP contribution in [0.25, 0.3) is 0 Å². The molecule has 2 fully saturated rings. The Balaban J connectivity index is 1.69. The molecule has 0 radical (unpaired) electrons. The molecule has 3 amide bonds. The summed E-state index contributed by atoms with van der Waals surface area (Å²) in [6.45, 7) is 0. The highest BCUT2D eigenvalue weighted by Gasteiger charge is 2.49. The van der Waals surface area contributed by atoms with Crippen LogP contribution in [0.5, 0.6) is 0 Å². The predicted molar refractivity (Wildman–Crippen MR) is 85.9 cm³/mol. The topological polar surface area (TPSA) is 95.0 Å². The van der Waals surface area contributed by atoms with Crippen LogP contribution < -0.4 is 0 Å². The van der Waals surface area contributed by atoms with Gasteiger partial charge in [0.1, 0.15) is 12.1 Å². The highest BCUT2D eigenvalue weighted by atomic mass is 16.4. The second-order valence-electron chi connectivity index (χ2n) is 6.80. The van der Waals surface area contributed by atoms with E-state index in [-0.39, 0.29) is 6.04 Å². The molecule has 4 rings (SSSR count). The normalized spacial score (nSPS) is 28.8. The monoisotopic (exact) mass is 342 g/mol. The van der Waals surface area contributed by atoms with Crippen molar-refractivity contribution >= 4 is 23.7 Å². The molecular formula is C18H18N2O5. The lowest BCUT2D eigenvalue weighted by molar-refractivity contribution is -0.150. The van der Waals surface area contributed by atoms with Crippen molar-refractivity contribution in [2.75, 3.05) is 0 Å². The van der Waals surface area contributed by atoms with E-state index in [1.54, 1.807) is 24.3 Å². The number of amides is 3. The highest BCUT2D eigenvalue weighted by molar-refractivity contribution is 6.22. The van der Waals surface area contributed by atoms with Crippen molar-refractivity contribution in [2.45, 2.75) is 50.2 Å². The van der Waals surface area contributed by atoms with Gasteiger partial charge in [-0.3, -0.25) is 19.3 Å². The van der Waals surface area contributed by atoms with Crippen molar-refractivity contribution in [1.82, 2.24) is 9.80 Å². The van der Waals surface area contributed by atoms with Gasteiger partial charge in [0.2, 0.25) is 5.91 Å². The van der Waals surface area contributed by atoms with Crippen LogP contribution in [-0.2, 0) is 9.59 Å². The number of fused-ring (bicyclic) bond motifs is 2. The standard InChI is InChI=1S/C18H18N2O5/c21-15-11-5-1-2-6-12(11)16(22)20(15)13-7-3-4-10-8-9-14(18(24)25)19(10)17(13)23/h1-2,5-6,10,13-14H,3-4,7-9H2,(H,24,25)/t10-,13-,14-/m0/s1. The summed E-state index contributed by atoms with van der Waals surface area (Å²) in [5.74, 6) is -2.38. The number of carboxylic acid groups (broad SMARTS) is 1. The summed E-state index contributed by atoms with van der Waals surface area (Å²) in [4.78, 5) is 52.4. The molecule has 0 aromatic heterocycles. The molecule has 1 aromatic carbocycles. The van der Waals surface area contributed by atoms with Gasteiger partial charge >= 0.3 is 5.97 Å². The van der Waals surface area contributed by atoms with Gasteiger partial charge in [0, 0.05) is 6.04 Å². The highest BCUT2D eigenvalue weighted by Crippen LogP contribution is 2.35. The predicted octanol–water partition coefficient (Wildman–Crippen LogP) is 1.28. The van der Waals surface area contributed by atoms with E-state index in [9.17, 15) is 24.3 Å². The van der Waals surface area contributed by atoms with Crippen molar-refractivity contribution in [3.05, 3.63) is 35.4 Å². The lowest BCUT2D eigenvalue weighted by Gasteiger charge is -2.31. The van der Waals surface area contributed by atoms with Gasteiger partial charge in [-0.25, -0.2) is 4.79 Å². The van der Waals surface area contributed by atoms with Gasteiger partial charge in [0.25, 0.3) is 11.8 Å². The van der Waals surface area contributed by atoms with Crippen molar-refractivity contribution in [3.8, 4) is 0 Å². The molecule has 2 saturated heterocycles. The zero-order valence-corrected chi connectivity index (χ0v) is 13.6. The number of rotatable bonds is 2. The van der Waals surface area contributed by atoms with Crippen molar-refractivity contribution in [2.24, 2.45) is 0 Å². The third kappa shape index (κ3) is 2.26. The smallest absolute Gasteiger partial charge is 0.326 e. The van der Waals surface area contributed by atoms with E-state index >= 15 is 0 Å². The van der Waals surface area contributed by atoms with E-state index in [0.29, 0.717) is 43.2 Å². The Morgan fingerprint density at radius 2 is 1.60 bits per heavy atom. The van der Waals surface area contributed by atoms with Crippen LogP contribution in [0, 0.1) is 0 Å². The molecule has 3 aliphatic rings. The van der Waals surface area contributed by atoms with E-state index in [4.69, 9.17) is 0 Å². The fourth-order valence-corrected chi connectivity index (χ4v) is 4.32. The van der Waals surface area contributed by atoms with E-state index in [0.717, 1.165) is 4.90 Å². The fourth-order valence-electron chi connectivity index (χ4n) is 4.32. The average molecular weight is 342 g/mol. The third-order valence-electron chi connectivity index (χ3n) is 5.48. The Bertz CT molecular complexity index is 754. The maximum Gasteiger partial charge on any atom is 0.326 e. The minimum absolute atomic E-state index is 0.117. The Morgan fingerprint density at radius 1 is 0.960 bits per heavy atom. The zero-order chi connectivity index (χ0) is 17.7.